The molecule has 1 saturated carbocycles. The van der Waals surface area contributed by atoms with Gasteiger partial charge in [0.15, 0.2) is 0 Å². The molecule has 0 bridgehead atoms. The SMILES string of the molecule is C/C=C/N=CN(C)C(=O)/C(=C/c1ccc(OCc2ccc(C3CCCCC3)cc2)cc1)SC. The molecule has 0 atom stereocenters. The third kappa shape index (κ3) is 7.64. The number of benzene rings is 2. The van der Waals surface area contributed by atoms with E-state index in [1.807, 2.05) is 49.6 Å². The molecule has 5 heteroatoms. The second kappa shape index (κ2) is 13.0. The molecule has 2 aromatic carbocycles. The Morgan fingerprint density at radius 3 is 2.42 bits per heavy atom. The van der Waals surface area contributed by atoms with Crippen LogP contribution in [0.1, 0.15) is 61.6 Å². The van der Waals surface area contributed by atoms with E-state index >= 15 is 0 Å². The molecular weight excluding hydrogens is 428 g/mol. The van der Waals surface area contributed by atoms with Crippen molar-refractivity contribution < 1.29 is 9.53 Å². The van der Waals surface area contributed by atoms with Gasteiger partial charge in [0, 0.05) is 13.2 Å². The minimum Gasteiger partial charge on any atom is -0.489 e. The van der Waals surface area contributed by atoms with Gasteiger partial charge < -0.3 is 9.64 Å². The van der Waals surface area contributed by atoms with E-state index in [4.69, 9.17) is 4.74 Å². The molecule has 0 unspecified atom stereocenters. The van der Waals surface area contributed by atoms with Crippen LogP contribution in [-0.4, -0.2) is 30.4 Å². The van der Waals surface area contributed by atoms with Gasteiger partial charge in [0.1, 0.15) is 12.4 Å². The Morgan fingerprint density at radius 1 is 1.09 bits per heavy atom. The summed E-state index contributed by atoms with van der Waals surface area (Å²) in [5.41, 5.74) is 3.60. The van der Waals surface area contributed by atoms with Crippen LogP contribution in [0.2, 0.25) is 0 Å². The Labute approximate surface area is 202 Å². The highest BCUT2D eigenvalue weighted by Gasteiger charge is 2.15. The van der Waals surface area contributed by atoms with Gasteiger partial charge in [-0.1, -0.05) is 61.7 Å². The molecule has 2 aromatic rings. The van der Waals surface area contributed by atoms with Crippen LogP contribution >= 0.6 is 11.8 Å². The summed E-state index contributed by atoms with van der Waals surface area (Å²) in [7, 11) is 1.71. The first-order chi connectivity index (χ1) is 16.1. The van der Waals surface area contributed by atoms with Crippen LogP contribution in [0.3, 0.4) is 0 Å². The molecule has 0 spiro atoms. The van der Waals surface area contributed by atoms with Crippen LogP contribution in [0.5, 0.6) is 5.75 Å². The number of allylic oxidation sites excluding steroid dienone is 1. The number of amides is 1. The van der Waals surface area contributed by atoms with Gasteiger partial charge in [-0.25, -0.2) is 4.99 Å². The monoisotopic (exact) mass is 462 g/mol. The van der Waals surface area contributed by atoms with Crippen LogP contribution in [0.15, 0.2) is 70.7 Å². The molecule has 1 amide bonds. The average molecular weight is 463 g/mol. The van der Waals surface area contributed by atoms with E-state index in [2.05, 4.69) is 29.3 Å². The number of thioether (sulfide) groups is 1. The summed E-state index contributed by atoms with van der Waals surface area (Å²) < 4.78 is 5.98. The Hall–Kier alpha value is -2.79. The molecule has 3 rings (SSSR count). The zero-order valence-corrected chi connectivity index (χ0v) is 20.7. The minimum absolute atomic E-state index is 0.0900. The fraction of sp³-hybridized carbons (Fsp3) is 0.357. The molecule has 1 aliphatic rings. The molecule has 0 heterocycles. The van der Waals surface area contributed by atoms with E-state index in [1.165, 1.54) is 66.2 Å². The zero-order valence-electron chi connectivity index (χ0n) is 19.9. The maximum absolute atomic E-state index is 12.6. The summed E-state index contributed by atoms with van der Waals surface area (Å²) in [5.74, 6) is 1.46. The fourth-order valence-electron chi connectivity index (χ4n) is 3.96. The minimum atomic E-state index is -0.0900. The molecule has 0 saturated heterocycles. The Balaban J connectivity index is 1.56. The smallest absolute Gasteiger partial charge is 0.265 e. The van der Waals surface area contributed by atoms with Crippen LogP contribution < -0.4 is 4.74 Å². The summed E-state index contributed by atoms with van der Waals surface area (Å²) in [5, 5.41) is 0. The van der Waals surface area contributed by atoms with E-state index in [0.29, 0.717) is 11.5 Å². The van der Waals surface area contributed by atoms with E-state index in [0.717, 1.165) is 17.2 Å². The molecule has 4 nitrogen and oxygen atoms in total. The van der Waals surface area contributed by atoms with E-state index in [1.54, 1.807) is 13.2 Å². The lowest BCUT2D eigenvalue weighted by atomic mass is 9.84. The summed E-state index contributed by atoms with van der Waals surface area (Å²) >= 11 is 1.42. The van der Waals surface area contributed by atoms with Gasteiger partial charge in [-0.15, -0.1) is 11.8 Å². The molecular formula is C28H34N2O2S. The standard InChI is InChI=1S/C28H34N2O2S/c1-4-18-29-21-30(2)28(31)27(33-3)19-22-12-16-26(17-13-22)32-20-23-10-14-25(15-11-23)24-8-6-5-7-9-24/h4,10-19,21,24H,5-9,20H2,1-3H3/b18-4+,27-19-,29-21?. The van der Waals surface area contributed by atoms with E-state index in [-0.39, 0.29) is 5.91 Å². The number of aliphatic imine (C=N–C) groups is 1. The molecule has 0 aliphatic heterocycles. The summed E-state index contributed by atoms with van der Waals surface area (Å²) in [6.07, 6.45) is 15.5. The van der Waals surface area contributed by atoms with Crippen LogP contribution in [0.4, 0.5) is 0 Å². The quantitative estimate of drug-likeness (QED) is 0.228. The van der Waals surface area contributed by atoms with Gasteiger partial charge in [-0.05, 0) is 66.8 Å². The number of likely N-dealkylation sites (N-methyl/N-ethyl adjacent to an activating group) is 1. The molecule has 0 N–H and O–H groups in total. The first-order valence-corrected chi connectivity index (χ1v) is 12.8. The highest BCUT2D eigenvalue weighted by atomic mass is 32.2. The fourth-order valence-corrected chi connectivity index (χ4v) is 4.53. The van der Waals surface area contributed by atoms with Crippen molar-refractivity contribution in [2.45, 2.75) is 51.6 Å². The lowest BCUT2D eigenvalue weighted by Crippen LogP contribution is -2.25. The summed E-state index contributed by atoms with van der Waals surface area (Å²) in [4.78, 5) is 18.8. The first-order valence-electron chi connectivity index (χ1n) is 11.6. The molecule has 1 aliphatic carbocycles. The second-order valence-electron chi connectivity index (χ2n) is 8.31. The highest BCUT2D eigenvalue weighted by molar-refractivity contribution is 8.03. The van der Waals surface area contributed by atoms with Gasteiger partial charge in [-0.2, -0.15) is 0 Å². The Bertz CT molecular complexity index is 972. The van der Waals surface area contributed by atoms with Crippen molar-refractivity contribution in [3.05, 3.63) is 82.4 Å². The third-order valence-electron chi connectivity index (χ3n) is 5.87. The van der Waals surface area contributed by atoms with Gasteiger partial charge in [-0.3, -0.25) is 4.79 Å². The number of carbonyl (C=O) groups excluding carboxylic acids is 1. The maximum Gasteiger partial charge on any atom is 0.265 e. The van der Waals surface area contributed by atoms with Gasteiger partial charge in [0.05, 0.1) is 11.2 Å². The van der Waals surface area contributed by atoms with Crippen molar-refractivity contribution in [3.8, 4) is 5.75 Å². The zero-order chi connectivity index (χ0) is 23.5. The molecule has 33 heavy (non-hydrogen) atoms. The van der Waals surface area contributed by atoms with Crippen LogP contribution in [0, 0.1) is 0 Å². The topological polar surface area (TPSA) is 41.9 Å². The molecule has 174 valence electrons. The van der Waals surface area contributed by atoms with Gasteiger partial charge in [0.2, 0.25) is 0 Å². The highest BCUT2D eigenvalue weighted by Crippen LogP contribution is 2.32. The predicted molar refractivity (Wildman–Crippen MR) is 141 cm³/mol. The van der Waals surface area contributed by atoms with Crippen molar-refractivity contribution in [3.63, 3.8) is 0 Å². The van der Waals surface area contributed by atoms with E-state index in [9.17, 15) is 4.79 Å². The van der Waals surface area contributed by atoms with Gasteiger partial charge >= 0.3 is 0 Å². The number of hydrogen-bond acceptors (Lipinski definition) is 4. The molecule has 0 radical (unpaired) electrons. The largest absolute Gasteiger partial charge is 0.489 e. The Kier molecular flexibility index (Phi) is 9.82. The van der Waals surface area contributed by atoms with Gasteiger partial charge in [0.25, 0.3) is 5.91 Å². The van der Waals surface area contributed by atoms with Crippen molar-refractivity contribution in [1.29, 1.82) is 0 Å². The Morgan fingerprint density at radius 2 is 1.79 bits per heavy atom. The third-order valence-corrected chi connectivity index (χ3v) is 6.60. The number of hydrogen-bond donors (Lipinski definition) is 0. The van der Waals surface area contributed by atoms with Crippen LogP contribution in [0.25, 0.3) is 6.08 Å². The van der Waals surface area contributed by atoms with Crippen molar-refractivity contribution in [2.75, 3.05) is 13.3 Å². The maximum atomic E-state index is 12.6. The van der Waals surface area contributed by atoms with Crippen molar-refractivity contribution in [1.82, 2.24) is 4.90 Å². The van der Waals surface area contributed by atoms with Crippen molar-refractivity contribution >= 4 is 30.1 Å². The normalized spacial score (nSPS) is 15.3. The number of ether oxygens (including phenoxy) is 1. The molecule has 1 fully saturated rings. The number of carbonyl (C=O) groups is 1. The van der Waals surface area contributed by atoms with Crippen LogP contribution in [-0.2, 0) is 11.4 Å². The number of nitrogens with zero attached hydrogens (tertiary/aromatic N) is 2. The first kappa shape index (κ1) is 24.8. The lowest BCUT2D eigenvalue weighted by molar-refractivity contribution is -0.121. The number of rotatable bonds is 9. The average Bonchev–Trinajstić information content (AvgIpc) is 2.87. The lowest BCUT2D eigenvalue weighted by Gasteiger charge is -2.22. The summed E-state index contributed by atoms with van der Waals surface area (Å²) in [6, 6.07) is 16.7. The summed E-state index contributed by atoms with van der Waals surface area (Å²) in [6.45, 7) is 2.43. The van der Waals surface area contributed by atoms with Crippen molar-refractivity contribution in [2.24, 2.45) is 4.99 Å². The van der Waals surface area contributed by atoms with E-state index < -0.39 is 0 Å². The predicted octanol–water partition coefficient (Wildman–Crippen LogP) is 7.04. The molecule has 0 aromatic heterocycles. The second-order valence-corrected chi connectivity index (χ2v) is 9.16.